The van der Waals surface area contributed by atoms with E-state index in [1.165, 1.54) is 12.3 Å². The number of ether oxygens (including phenoxy) is 1. The van der Waals surface area contributed by atoms with Gasteiger partial charge in [-0.2, -0.15) is 4.39 Å². The van der Waals surface area contributed by atoms with Crippen LogP contribution in [0.3, 0.4) is 0 Å². The summed E-state index contributed by atoms with van der Waals surface area (Å²) in [5, 5.41) is 0. The van der Waals surface area contributed by atoms with Gasteiger partial charge in [0.25, 0.3) is 0 Å². The third kappa shape index (κ3) is 2.79. The second-order valence-electron chi connectivity index (χ2n) is 8.94. The van der Waals surface area contributed by atoms with Crippen LogP contribution in [0.4, 0.5) is 4.39 Å². The lowest BCUT2D eigenvalue weighted by Gasteiger charge is -2.27. The maximum absolute atomic E-state index is 13.6. The molecule has 1 spiro atoms. The number of rotatable bonds is 3. The zero-order valence-corrected chi connectivity index (χ0v) is 17.4. The minimum Gasteiger partial charge on any atom is -0.449 e. The molecule has 3 aliphatic rings. The molecule has 0 unspecified atom stereocenters. The van der Waals surface area contributed by atoms with Gasteiger partial charge in [0.05, 0.1) is 17.5 Å². The van der Waals surface area contributed by atoms with Gasteiger partial charge in [0.2, 0.25) is 11.9 Å². The monoisotopic (exact) mass is 428 g/mol. The lowest BCUT2D eigenvalue weighted by molar-refractivity contribution is -0.134. The van der Waals surface area contributed by atoms with Crippen LogP contribution in [0.15, 0.2) is 66.9 Å². The van der Waals surface area contributed by atoms with E-state index in [0.717, 1.165) is 35.1 Å². The molecule has 160 valence electrons. The van der Waals surface area contributed by atoms with Gasteiger partial charge in [-0.25, -0.2) is 9.78 Å². The standard InChI is InChI=1S/C26H21FN2O3/c27-22-10-7-18(15-28-22)17-5-8-19(9-6-17)25(11-12-25)24(31)29-14-13-26(16-29)21-4-2-1-3-20(21)23(30)32-26/h1-10,15H,11-14,16H2/t26-/m0/s1. The van der Waals surface area contributed by atoms with Gasteiger partial charge < -0.3 is 9.64 Å². The lowest BCUT2D eigenvalue weighted by Crippen LogP contribution is -2.40. The molecule has 1 saturated carbocycles. The predicted molar refractivity (Wildman–Crippen MR) is 115 cm³/mol. The SMILES string of the molecule is O=C1O[C@]2(CCN(C(=O)C3(c4ccc(-c5ccc(F)nc5)cc4)CC3)C2)c2ccccc21. The van der Waals surface area contributed by atoms with E-state index in [9.17, 15) is 14.0 Å². The van der Waals surface area contributed by atoms with Gasteiger partial charge in [0, 0.05) is 30.3 Å². The zero-order chi connectivity index (χ0) is 21.9. The zero-order valence-electron chi connectivity index (χ0n) is 17.4. The number of halogens is 1. The number of carbonyl (C=O) groups is 2. The fraction of sp³-hybridized carbons (Fsp3) is 0.269. The molecule has 0 bridgehead atoms. The Morgan fingerprint density at radius 2 is 1.72 bits per heavy atom. The first-order valence-electron chi connectivity index (χ1n) is 10.9. The van der Waals surface area contributed by atoms with E-state index in [1.807, 2.05) is 47.4 Å². The minimum absolute atomic E-state index is 0.103. The van der Waals surface area contributed by atoms with Gasteiger partial charge in [0.15, 0.2) is 5.60 Å². The summed E-state index contributed by atoms with van der Waals surface area (Å²) in [6.45, 7) is 0.969. The van der Waals surface area contributed by atoms with Crippen molar-refractivity contribution in [2.24, 2.45) is 0 Å². The Labute approximate surface area is 184 Å². The van der Waals surface area contributed by atoms with E-state index >= 15 is 0 Å². The Hall–Kier alpha value is -3.54. The highest BCUT2D eigenvalue weighted by atomic mass is 19.1. The Morgan fingerprint density at radius 3 is 2.44 bits per heavy atom. The summed E-state index contributed by atoms with van der Waals surface area (Å²) >= 11 is 0. The summed E-state index contributed by atoms with van der Waals surface area (Å²) in [5.41, 5.74) is 3.02. The normalized spacial score (nSPS) is 22.7. The van der Waals surface area contributed by atoms with Gasteiger partial charge in [-0.3, -0.25) is 4.79 Å². The first-order chi connectivity index (χ1) is 15.5. The minimum atomic E-state index is -0.723. The van der Waals surface area contributed by atoms with Crippen LogP contribution in [0.2, 0.25) is 0 Å². The van der Waals surface area contributed by atoms with Crippen molar-refractivity contribution in [2.45, 2.75) is 30.3 Å². The topological polar surface area (TPSA) is 59.5 Å². The third-order valence-corrected chi connectivity index (χ3v) is 7.10. The number of pyridine rings is 1. The van der Waals surface area contributed by atoms with E-state index in [2.05, 4.69) is 4.98 Å². The molecule has 3 heterocycles. The number of carbonyl (C=O) groups excluding carboxylic acids is 2. The molecule has 3 aromatic rings. The number of nitrogens with zero attached hydrogens (tertiary/aromatic N) is 2. The van der Waals surface area contributed by atoms with Gasteiger partial charge >= 0.3 is 5.97 Å². The summed E-state index contributed by atoms with van der Waals surface area (Å²) in [4.78, 5) is 31.5. The number of fused-ring (bicyclic) bond motifs is 2. The van der Waals surface area contributed by atoms with Crippen LogP contribution in [0, 0.1) is 5.95 Å². The molecule has 6 heteroatoms. The van der Waals surface area contributed by atoms with Gasteiger partial charge in [-0.05, 0) is 42.2 Å². The molecule has 2 aliphatic heterocycles. The summed E-state index contributed by atoms with van der Waals surface area (Å²) in [6, 6.07) is 18.4. The Morgan fingerprint density at radius 1 is 0.969 bits per heavy atom. The maximum Gasteiger partial charge on any atom is 0.339 e. The van der Waals surface area contributed by atoms with E-state index in [1.54, 1.807) is 12.1 Å². The van der Waals surface area contributed by atoms with E-state index in [-0.39, 0.29) is 11.9 Å². The molecule has 2 fully saturated rings. The largest absolute Gasteiger partial charge is 0.449 e. The van der Waals surface area contributed by atoms with Crippen LogP contribution in [0.5, 0.6) is 0 Å². The second kappa shape index (κ2) is 6.73. The smallest absolute Gasteiger partial charge is 0.339 e. The van der Waals surface area contributed by atoms with Crippen LogP contribution in [0.1, 0.15) is 40.7 Å². The van der Waals surface area contributed by atoms with Crippen LogP contribution in [-0.2, 0) is 20.5 Å². The molecular formula is C26H21FN2O3. The fourth-order valence-electron chi connectivity index (χ4n) is 5.19. The molecular weight excluding hydrogens is 407 g/mol. The van der Waals surface area contributed by atoms with Crippen molar-refractivity contribution in [1.82, 2.24) is 9.88 Å². The van der Waals surface area contributed by atoms with E-state index in [0.29, 0.717) is 25.1 Å². The quantitative estimate of drug-likeness (QED) is 0.463. The number of hydrogen-bond acceptors (Lipinski definition) is 4. The summed E-state index contributed by atoms with van der Waals surface area (Å²) < 4.78 is 18.9. The van der Waals surface area contributed by atoms with Crippen LogP contribution < -0.4 is 0 Å². The predicted octanol–water partition coefficient (Wildman–Crippen LogP) is 4.22. The van der Waals surface area contributed by atoms with Crippen LogP contribution in [0.25, 0.3) is 11.1 Å². The highest BCUT2D eigenvalue weighted by Crippen LogP contribution is 2.52. The molecule has 1 saturated heterocycles. The number of esters is 1. The first kappa shape index (κ1) is 19.2. The van der Waals surface area contributed by atoms with Crippen molar-refractivity contribution >= 4 is 11.9 Å². The van der Waals surface area contributed by atoms with Crippen molar-refractivity contribution < 1.29 is 18.7 Å². The van der Waals surface area contributed by atoms with E-state index < -0.39 is 17.0 Å². The number of hydrogen-bond donors (Lipinski definition) is 0. The third-order valence-electron chi connectivity index (χ3n) is 7.10. The highest BCUT2D eigenvalue weighted by Gasteiger charge is 2.57. The number of aromatic nitrogens is 1. The maximum atomic E-state index is 13.6. The molecule has 1 amide bonds. The van der Waals surface area contributed by atoms with Gasteiger partial charge in [0.1, 0.15) is 0 Å². The van der Waals surface area contributed by atoms with Crippen LogP contribution >= 0.6 is 0 Å². The molecule has 5 nitrogen and oxygen atoms in total. The van der Waals surface area contributed by atoms with Crippen molar-refractivity contribution in [3.8, 4) is 11.1 Å². The summed E-state index contributed by atoms with van der Waals surface area (Å²) in [6.07, 6.45) is 3.74. The second-order valence-corrected chi connectivity index (χ2v) is 8.94. The first-order valence-corrected chi connectivity index (χ1v) is 10.9. The fourth-order valence-corrected chi connectivity index (χ4v) is 5.19. The van der Waals surface area contributed by atoms with Gasteiger partial charge in [-0.15, -0.1) is 0 Å². The van der Waals surface area contributed by atoms with Crippen molar-refractivity contribution in [3.05, 3.63) is 89.5 Å². The molecule has 6 rings (SSSR count). The van der Waals surface area contributed by atoms with Crippen molar-refractivity contribution in [1.29, 1.82) is 0 Å². The lowest BCUT2D eigenvalue weighted by atomic mass is 9.91. The summed E-state index contributed by atoms with van der Waals surface area (Å²) in [7, 11) is 0. The molecule has 1 aliphatic carbocycles. The average molecular weight is 428 g/mol. The number of likely N-dealkylation sites (tertiary alicyclic amines) is 1. The molecule has 0 N–H and O–H groups in total. The summed E-state index contributed by atoms with van der Waals surface area (Å²) in [5.74, 6) is -0.709. The molecule has 1 aromatic heterocycles. The molecule has 32 heavy (non-hydrogen) atoms. The number of amides is 1. The number of benzene rings is 2. The molecule has 0 radical (unpaired) electrons. The van der Waals surface area contributed by atoms with Crippen molar-refractivity contribution in [3.63, 3.8) is 0 Å². The van der Waals surface area contributed by atoms with Crippen LogP contribution in [-0.4, -0.2) is 34.8 Å². The Balaban J connectivity index is 1.24. The highest BCUT2D eigenvalue weighted by molar-refractivity contribution is 5.96. The Bertz CT molecular complexity index is 1230. The molecule has 2 aromatic carbocycles. The average Bonchev–Trinajstić information content (AvgIpc) is 3.46. The van der Waals surface area contributed by atoms with Crippen molar-refractivity contribution in [2.75, 3.05) is 13.1 Å². The van der Waals surface area contributed by atoms with E-state index in [4.69, 9.17) is 4.74 Å². The Kier molecular flexibility index (Phi) is 4.03. The van der Waals surface area contributed by atoms with Gasteiger partial charge in [-0.1, -0.05) is 42.5 Å². The molecule has 1 atom stereocenters.